The molecule has 5 rings (SSSR count). The van der Waals surface area contributed by atoms with E-state index in [1.165, 1.54) is 18.5 Å². The molecule has 0 radical (unpaired) electrons. The van der Waals surface area contributed by atoms with Gasteiger partial charge in [-0.1, -0.05) is 6.07 Å². The Labute approximate surface area is 189 Å². The van der Waals surface area contributed by atoms with E-state index in [4.69, 9.17) is 9.47 Å². The maximum Gasteiger partial charge on any atom is 0.255 e. The molecule has 0 unspecified atom stereocenters. The Morgan fingerprint density at radius 2 is 1.67 bits per heavy atom. The summed E-state index contributed by atoms with van der Waals surface area (Å²) in [5, 5.41) is 6.06. The highest BCUT2D eigenvalue weighted by atomic mass is 19.1. The number of hydrogen-bond donors (Lipinski definition) is 2. The van der Waals surface area contributed by atoms with Gasteiger partial charge in [-0.15, -0.1) is 0 Å². The van der Waals surface area contributed by atoms with Crippen LogP contribution >= 0.6 is 0 Å². The van der Waals surface area contributed by atoms with Crippen LogP contribution in [0.3, 0.4) is 0 Å². The van der Waals surface area contributed by atoms with Crippen molar-refractivity contribution in [3.63, 3.8) is 0 Å². The smallest absolute Gasteiger partial charge is 0.255 e. The third-order valence-corrected chi connectivity index (χ3v) is 5.00. The van der Waals surface area contributed by atoms with E-state index in [1.807, 2.05) is 6.07 Å². The zero-order valence-electron chi connectivity index (χ0n) is 17.4. The summed E-state index contributed by atoms with van der Waals surface area (Å²) in [6.45, 7) is 0.986. The van der Waals surface area contributed by atoms with E-state index in [1.54, 1.807) is 54.6 Å². The molecule has 2 N–H and O–H groups in total. The van der Waals surface area contributed by atoms with E-state index in [0.717, 1.165) is 5.56 Å². The molecule has 8 heteroatoms. The van der Waals surface area contributed by atoms with Crippen LogP contribution in [-0.2, 0) is 0 Å². The van der Waals surface area contributed by atoms with Gasteiger partial charge in [0.25, 0.3) is 5.91 Å². The summed E-state index contributed by atoms with van der Waals surface area (Å²) in [6.07, 6.45) is 1.43. The molecule has 2 heterocycles. The zero-order chi connectivity index (χ0) is 22.6. The normalized spacial score (nSPS) is 12.2. The lowest BCUT2D eigenvalue weighted by Gasteiger charge is -2.19. The van der Waals surface area contributed by atoms with Crippen LogP contribution in [0.2, 0.25) is 0 Å². The number of nitrogens with zero attached hydrogens (tertiary/aromatic N) is 2. The molecule has 0 bridgehead atoms. The van der Waals surface area contributed by atoms with Gasteiger partial charge in [0.2, 0.25) is 0 Å². The topological polar surface area (TPSA) is 85.4 Å². The summed E-state index contributed by atoms with van der Waals surface area (Å²) in [7, 11) is 0. The summed E-state index contributed by atoms with van der Waals surface area (Å²) in [4.78, 5) is 21.3. The number of aromatic nitrogens is 2. The zero-order valence-corrected chi connectivity index (χ0v) is 17.4. The number of carbonyl (C=O) groups is 1. The SMILES string of the molecule is O=C(Nc1ccc2c(c1)OCCO2)c1cccc(Nc2cc(-c3ccc(F)cc3)ncn2)c1. The summed E-state index contributed by atoms with van der Waals surface area (Å²) in [5.74, 6) is 1.25. The first-order valence-corrected chi connectivity index (χ1v) is 10.3. The van der Waals surface area contributed by atoms with Crippen molar-refractivity contribution in [2.45, 2.75) is 0 Å². The highest BCUT2D eigenvalue weighted by Crippen LogP contribution is 2.32. The number of hydrogen-bond acceptors (Lipinski definition) is 6. The van der Waals surface area contributed by atoms with Gasteiger partial charge in [-0.05, 0) is 54.6 Å². The number of rotatable bonds is 5. The molecule has 1 aliphatic rings. The molecule has 0 spiro atoms. The van der Waals surface area contributed by atoms with Crippen LogP contribution in [0.25, 0.3) is 11.3 Å². The Balaban J connectivity index is 1.31. The quantitative estimate of drug-likeness (QED) is 0.450. The molecule has 0 aliphatic carbocycles. The molecule has 164 valence electrons. The van der Waals surface area contributed by atoms with E-state index in [0.29, 0.717) is 53.2 Å². The lowest BCUT2D eigenvalue weighted by atomic mass is 10.1. The van der Waals surface area contributed by atoms with Gasteiger partial charge in [-0.3, -0.25) is 4.79 Å². The molecule has 7 nitrogen and oxygen atoms in total. The number of amides is 1. The van der Waals surface area contributed by atoms with Crippen LogP contribution in [-0.4, -0.2) is 29.1 Å². The van der Waals surface area contributed by atoms with Crippen molar-refractivity contribution >= 4 is 23.1 Å². The van der Waals surface area contributed by atoms with Gasteiger partial charge in [0.1, 0.15) is 31.2 Å². The maximum atomic E-state index is 13.2. The van der Waals surface area contributed by atoms with Gasteiger partial charge < -0.3 is 20.1 Å². The fourth-order valence-corrected chi connectivity index (χ4v) is 3.41. The number of halogens is 1. The van der Waals surface area contributed by atoms with E-state index in [2.05, 4.69) is 20.6 Å². The van der Waals surface area contributed by atoms with Gasteiger partial charge in [-0.2, -0.15) is 0 Å². The number of anilines is 3. The Bertz CT molecular complexity index is 1310. The second-order valence-corrected chi connectivity index (χ2v) is 7.31. The van der Waals surface area contributed by atoms with Crippen LogP contribution in [0, 0.1) is 5.82 Å². The first-order valence-electron chi connectivity index (χ1n) is 10.3. The Morgan fingerprint density at radius 1 is 0.848 bits per heavy atom. The van der Waals surface area contributed by atoms with Crippen LogP contribution in [0.5, 0.6) is 11.5 Å². The van der Waals surface area contributed by atoms with Crippen molar-refractivity contribution < 1.29 is 18.7 Å². The second kappa shape index (κ2) is 8.96. The molecule has 1 aliphatic heterocycles. The highest BCUT2D eigenvalue weighted by Gasteiger charge is 2.14. The van der Waals surface area contributed by atoms with Crippen molar-refractivity contribution in [2.75, 3.05) is 23.8 Å². The van der Waals surface area contributed by atoms with Gasteiger partial charge in [0.05, 0.1) is 5.69 Å². The average Bonchev–Trinajstić information content (AvgIpc) is 2.85. The maximum absolute atomic E-state index is 13.2. The molecule has 0 atom stereocenters. The van der Waals surface area contributed by atoms with E-state index < -0.39 is 0 Å². The third-order valence-electron chi connectivity index (χ3n) is 5.00. The lowest BCUT2D eigenvalue weighted by Crippen LogP contribution is -2.16. The predicted octanol–water partition coefficient (Wildman–Crippen LogP) is 5.05. The first-order chi connectivity index (χ1) is 16.1. The number of benzene rings is 3. The van der Waals surface area contributed by atoms with Crippen LogP contribution in [0.4, 0.5) is 21.6 Å². The second-order valence-electron chi connectivity index (χ2n) is 7.31. The molecular weight excluding hydrogens is 423 g/mol. The number of fused-ring (bicyclic) bond motifs is 1. The summed E-state index contributed by atoms with van der Waals surface area (Å²) in [5.41, 5.74) is 3.20. The van der Waals surface area contributed by atoms with Gasteiger partial charge >= 0.3 is 0 Å². The number of nitrogens with one attached hydrogen (secondary N) is 2. The molecule has 3 aromatic carbocycles. The third kappa shape index (κ3) is 4.74. The van der Waals surface area contributed by atoms with Crippen LogP contribution in [0.15, 0.2) is 79.1 Å². The average molecular weight is 442 g/mol. The fourth-order valence-electron chi connectivity index (χ4n) is 3.41. The molecular formula is C25H19FN4O3. The number of ether oxygens (including phenoxy) is 2. The largest absolute Gasteiger partial charge is 0.486 e. The summed E-state index contributed by atoms with van der Waals surface area (Å²) < 4.78 is 24.3. The molecule has 0 saturated carbocycles. The van der Waals surface area contributed by atoms with Crippen LogP contribution < -0.4 is 20.1 Å². The first kappa shape index (κ1) is 20.4. The molecule has 1 aromatic heterocycles. The van der Waals surface area contributed by atoms with Crippen molar-refractivity contribution in [2.24, 2.45) is 0 Å². The van der Waals surface area contributed by atoms with Crippen molar-refractivity contribution in [3.8, 4) is 22.8 Å². The monoisotopic (exact) mass is 442 g/mol. The van der Waals surface area contributed by atoms with E-state index >= 15 is 0 Å². The van der Waals surface area contributed by atoms with Gasteiger partial charge in [0, 0.05) is 34.6 Å². The predicted molar refractivity (Wildman–Crippen MR) is 123 cm³/mol. The minimum absolute atomic E-state index is 0.259. The minimum Gasteiger partial charge on any atom is -0.486 e. The van der Waals surface area contributed by atoms with E-state index in [-0.39, 0.29) is 11.7 Å². The van der Waals surface area contributed by atoms with Gasteiger partial charge in [0.15, 0.2) is 11.5 Å². The summed E-state index contributed by atoms with van der Waals surface area (Å²) >= 11 is 0. The van der Waals surface area contributed by atoms with Gasteiger partial charge in [-0.25, -0.2) is 14.4 Å². The van der Waals surface area contributed by atoms with Crippen molar-refractivity contribution in [1.29, 1.82) is 0 Å². The highest BCUT2D eigenvalue weighted by molar-refractivity contribution is 6.05. The number of carbonyl (C=O) groups excluding carboxylic acids is 1. The molecule has 33 heavy (non-hydrogen) atoms. The molecule has 0 fully saturated rings. The minimum atomic E-state index is -0.308. The van der Waals surface area contributed by atoms with Crippen LogP contribution in [0.1, 0.15) is 10.4 Å². The Morgan fingerprint density at radius 3 is 2.52 bits per heavy atom. The summed E-state index contributed by atoms with van der Waals surface area (Å²) in [6, 6.07) is 20.2. The van der Waals surface area contributed by atoms with Crippen molar-refractivity contribution in [3.05, 3.63) is 90.5 Å². The lowest BCUT2D eigenvalue weighted by molar-refractivity contribution is 0.102. The van der Waals surface area contributed by atoms with E-state index in [9.17, 15) is 9.18 Å². The molecule has 0 saturated heterocycles. The Kier molecular flexibility index (Phi) is 5.55. The fraction of sp³-hybridized carbons (Fsp3) is 0.0800. The molecule has 1 amide bonds. The van der Waals surface area contributed by atoms with Crippen molar-refractivity contribution in [1.82, 2.24) is 9.97 Å². The standard InChI is InChI=1S/C25H19FN4O3/c26-18-6-4-16(5-7-18)21-14-24(28-15-27-21)29-19-3-1-2-17(12-19)25(31)30-20-8-9-22-23(13-20)33-11-10-32-22/h1-9,12-15H,10-11H2,(H,30,31)(H,27,28,29). The Hall–Kier alpha value is -4.46. The molecule has 4 aromatic rings.